The molecule has 0 aliphatic rings. The predicted octanol–water partition coefficient (Wildman–Crippen LogP) is 4.26. The zero-order valence-electron chi connectivity index (χ0n) is 12.2. The van der Waals surface area contributed by atoms with Crippen molar-refractivity contribution in [2.24, 2.45) is 0 Å². The topological polar surface area (TPSA) is 62.1 Å². The van der Waals surface area contributed by atoms with Crippen LogP contribution in [0.5, 0.6) is 0 Å². The molecule has 0 aliphatic heterocycles. The molecule has 0 unspecified atom stereocenters. The van der Waals surface area contributed by atoms with E-state index in [4.69, 9.17) is 10.00 Å². The van der Waals surface area contributed by atoms with Crippen molar-refractivity contribution in [2.45, 2.75) is 52.6 Å². The zero-order chi connectivity index (χ0) is 14.8. The second-order valence-electron chi connectivity index (χ2n) is 6.34. The summed E-state index contributed by atoms with van der Waals surface area (Å²) in [5.41, 5.74) is -0.0872. The average molecular weight is 280 g/mol. The maximum atomic E-state index is 11.7. The monoisotopic (exact) mass is 280 g/mol. The summed E-state index contributed by atoms with van der Waals surface area (Å²) in [5.74, 6) is 0. The molecular formula is C14H20N2O2S. The first-order valence-electron chi connectivity index (χ1n) is 6.07. The number of hydrogen-bond donors (Lipinski definition) is 1. The number of amides is 1. The normalized spacial score (nSPS) is 11.8. The molecule has 1 N–H and O–H groups in total. The highest BCUT2D eigenvalue weighted by atomic mass is 32.1. The number of ether oxygens (including phenoxy) is 1. The van der Waals surface area contributed by atoms with Crippen LogP contribution in [-0.2, 0) is 10.2 Å². The lowest BCUT2D eigenvalue weighted by Gasteiger charge is -2.19. The van der Waals surface area contributed by atoms with E-state index in [0.717, 1.165) is 4.88 Å². The lowest BCUT2D eigenvalue weighted by molar-refractivity contribution is 0.0636. The molecule has 0 bridgehead atoms. The molecule has 0 aromatic carbocycles. The Kier molecular flexibility index (Phi) is 4.26. The van der Waals surface area contributed by atoms with Crippen LogP contribution >= 0.6 is 11.3 Å². The van der Waals surface area contributed by atoms with Gasteiger partial charge in [-0.1, -0.05) is 20.8 Å². The minimum Gasteiger partial charge on any atom is -0.444 e. The minimum atomic E-state index is -0.556. The fourth-order valence-corrected chi connectivity index (χ4v) is 2.32. The van der Waals surface area contributed by atoms with E-state index in [-0.39, 0.29) is 5.41 Å². The second kappa shape index (κ2) is 5.22. The van der Waals surface area contributed by atoms with Crippen LogP contribution < -0.4 is 5.32 Å². The van der Waals surface area contributed by atoms with Crippen LogP contribution in [0.15, 0.2) is 6.07 Å². The van der Waals surface area contributed by atoms with Crippen LogP contribution in [0.3, 0.4) is 0 Å². The summed E-state index contributed by atoms with van der Waals surface area (Å²) in [6, 6.07) is 3.94. The molecule has 1 rings (SSSR count). The van der Waals surface area contributed by atoms with Gasteiger partial charge in [0.25, 0.3) is 0 Å². The van der Waals surface area contributed by atoms with E-state index in [2.05, 4.69) is 32.2 Å². The maximum Gasteiger partial charge on any atom is 0.412 e. The number of rotatable bonds is 1. The van der Waals surface area contributed by atoms with Crippen molar-refractivity contribution in [3.05, 3.63) is 15.8 Å². The summed E-state index contributed by atoms with van der Waals surface area (Å²) in [5, 5.41) is 11.7. The number of hydrogen-bond acceptors (Lipinski definition) is 4. The van der Waals surface area contributed by atoms with Crippen molar-refractivity contribution in [1.29, 1.82) is 5.26 Å². The van der Waals surface area contributed by atoms with E-state index in [1.165, 1.54) is 11.3 Å². The molecule has 1 aromatic rings. The van der Waals surface area contributed by atoms with Gasteiger partial charge >= 0.3 is 6.09 Å². The first-order chi connectivity index (χ1) is 8.53. The number of nitrogens with one attached hydrogen (secondary N) is 1. The summed E-state index contributed by atoms with van der Waals surface area (Å²) >= 11 is 1.40. The van der Waals surface area contributed by atoms with Gasteiger partial charge in [-0.15, -0.1) is 11.3 Å². The van der Waals surface area contributed by atoms with Gasteiger partial charge in [0.05, 0.1) is 5.69 Å². The maximum absolute atomic E-state index is 11.7. The average Bonchev–Trinajstić information content (AvgIpc) is 2.57. The van der Waals surface area contributed by atoms with Crippen LogP contribution in [0.2, 0.25) is 0 Å². The summed E-state index contributed by atoms with van der Waals surface area (Å²) in [7, 11) is 0. The SMILES string of the molecule is CC(C)(C)OC(=O)Nc1cc(C(C)(C)C)sc1C#N. The van der Waals surface area contributed by atoms with Gasteiger partial charge in [-0.25, -0.2) is 4.79 Å². The van der Waals surface area contributed by atoms with Gasteiger partial charge in [0, 0.05) is 4.88 Å². The molecule has 5 heteroatoms. The summed E-state index contributed by atoms with van der Waals surface area (Å²) in [6.45, 7) is 11.6. The fourth-order valence-electron chi connectivity index (χ4n) is 1.35. The summed E-state index contributed by atoms with van der Waals surface area (Å²) in [6.07, 6.45) is -0.540. The molecule has 19 heavy (non-hydrogen) atoms. The highest BCUT2D eigenvalue weighted by Crippen LogP contribution is 2.35. The lowest BCUT2D eigenvalue weighted by Crippen LogP contribution is -2.27. The van der Waals surface area contributed by atoms with Gasteiger partial charge in [-0.05, 0) is 32.3 Å². The molecule has 0 spiro atoms. The van der Waals surface area contributed by atoms with Crippen LogP contribution in [0.25, 0.3) is 0 Å². The van der Waals surface area contributed by atoms with Crippen LogP contribution in [0, 0.1) is 11.3 Å². The summed E-state index contributed by atoms with van der Waals surface area (Å²) < 4.78 is 5.18. The Bertz CT molecular complexity index is 513. The number of nitrogens with zero attached hydrogens (tertiary/aromatic N) is 1. The second-order valence-corrected chi connectivity index (χ2v) is 7.39. The standard InChI is InChI=1S/C14H20N2O2S/c1-13(2,3)11-7-9(10(8-15)19-11)16-12(17)18-14(4,5)6/h7H,1-6H3,(H,16,17). The van der Waals surface area contributed by atoms with Gasteiger partial charge in [0.2, 0.25) is 0 Å². The molecule has 1 aromatic heterocycles. The predicted molar refractivity (Wildman–Crippen MR) is 77.6 cm³/mol. The molecule has 0 fully saturated rings. The first kappa shape index (κ1) is 15.5. The van der Waals surface area contributed by atoms with Gasteiger partial charge in [0.1, 0.15) is 16.5 Å². The number of anilines is 1. The van der Waals surface area contributed by atoms with E-state index in [9.17, 15) is 4.79 Å². The Morgan fingerprint density at radius 3 is 2.32 bits per heavy atom. The molecule has 0 radical (unpaired) electrons. The van der Waals surface area contributed by atoms with Gasteiger partial charge in [-0.2, -0.15) is 5.26 Å². The molecular weight excluding hydrogens is 260 g/mol. The Morgan fingerprint density at radius 1 is 1.32 bits per heavy atom. The quantitative estimate of drug-likeness (QED) is 0.835. The molecule has 1 amide bonds. The number of carbonyl (C=O) groups is 1. The van der Waals surface area contributed by atoms with Crippen molar-refractivity contribution < 1.29 is 9.53 Å². The van der Waals surface area contributed by atoms with Crippen molar-refractivity contribution in [3.63, 3.8) is 0 Å². The fraction of sp³-hybridized carbons (Fsp3) is 0.571. The van der Waals surface area contributed by atoms with Gasteiger partial charge < -0.3 is 4.74 Å². The first-order valence-corrected chi connectivity index (χ1v) is 6.89. The van der Waals surface area contributed by atoms with Crippen molar-refractivity contribution in [2.75, 3.05) is 5.32 Å². The molecule has 104 valence electrons. The molecule has 1 heterocycles. The Balaban J connectivity index is 2.93. The van der Waals surface area contributed by atoms with E-state index in [1.807, 2.05) is 6.07 Å². The van der Waals surface area contributed by atoms with Crippen molar-refractivity contribution in [1.82, 2.24) is 0 Å². The highest BCUT2D eigenvalue weighted by Gasteiger charge is 2.22. The number of thiophene rings is 1. The third-order valence-electron chi connectivity index (χ3n) is 2.21. The lowest BCUT2D eigenvalue weighted by atomic mass is 9.95. The number of nitriles is 1. The van der Waals surface area contributed by atoms with Gasteiger partial charge in [-0.3, -0.25) is 5.32 Å². The Morgan fingerprint density at radius 2 is 1.89 bits per heavy atom. The Hall–Kier alpha value is -1.54. The van der Waals surface area contributed by atoms with Crippen molar-refractivity contribution >= 4 is 23.1 Å². The third kappa shape index (κ3) is 4.56. The van der Waals surface area contributed by atoms with Crippen LogP contribution in [0.1, 0.15) is 51.3 Å². The summed E-state index contributed by atoms with van der Waals surface area (Å²) in [4.78, 5) is 13.3. The van der Waals surface area contributed by atoms with E-state index >= 15 is 0 Å². The largest absolute Gasteiger partial charge is 0.444 e. The van der Waals surface area contributed by atoms with Crippen LogP contribution in [0.4, 0.5) is 10.5 Å². The van der Waals surface area contributed by atoms with Gasteiger partial charge in [0.15, 0.2) is 0 Å². The molecule has 0 atom stereocenters. The van der Waals surface area contributed by atoms with E-state index in [0.29, 0.717) is 10.6 Å². The smallest absolute Gasteiger partial charge is 0.412 e. The molecule has 4 nitrogen and oxygen atoms in total. The van der Waals surface area contributed by atoms with E-state index in [1.54, 1.807) is 20.8 Å². The number of carbonyl (C=O) groups excluding carboxylic acids is 1. The zero-order valence-corrected chi connectivity index (χ0v) is 13.1. The highest BCUT2D eigenvalue weighted by molar-refractivity contribution is 7.13. The Labute approximate surface area is 118 Å². The molecule has 0 aliphatic carbocycles. The van der Waals surface area contributed by atoms with Crippen molar-refractivity contribution in [3.8, 4) is 6.07 Å². The molecule has 0 saturated carbocycles. The third-order valence-corrected chi connectivity index (χ3v) is 3.67. The van der Waals surface area contributed by atoms with Crippen LogP contribution in [-0.4, -0.2) is 11.7 Å². The van der Waals surface area contributed by atoms with E-state index < -0.39 is 11.7 Å². The minimum absolute atomic E-state index is 0.0515. The molecule has 0 saturated heterocycles.